The molecule has 0 saturated carbocycles. The van der Waals surface area contributed by atoms with Crippen LogP contribution in [0.4, 0.5) is 18.9 Å². The van der Waals surface area contributed by atoms with Crippen LogP contribution in [-0.2, 0) is 24.1 Å². The first-order valence-corrected chi connectivity index (χ1v) is 9.83. The third kappa shape index (κ3) is 5.58. The first-order chi connectivity index (χ1) is 13.6. The number of amides is 2. The number of carbonyl (C=O) groups is 2. The number of carbonyl (C=O) groups excluding carboxylic acids is 2. The van der Waals surface area contributed by atoms with E-state index in [0.717, 1.165) is 11.1 Å². The Morgan fingerprint density at radius 3 is 2.48 bits per heavy atom. The van der Waals surface area contributed by atoms with Gasteiger partial charge in [0.2, 0.25) is 5.91 Å². The van der Waals surface area contributed by atoms with Gasteiger partial charge in [-0.3, -0.25) is 19.0 Å². The summed E-state index contributed by atoms with van der Waals surface area (Å²) in [6.45, 7) is 6.15. The van der Waals surface area contributed by atoms with Crippen LogP contribution in [-0.4, -0.2) is 37.9 Å². The zero-order chi connectivity index (χ0) is 21.8. The van der Waals surface area contributed by atoms with Gasteiger partial charge in [-0.15, -0.1) is 0 Å². The Morgan fingerprint density at radius 1 is 1.24 bits per heavy atom. The van der Waals surface area contributed by atoms with Gasteiger partial charge >= 0.3 is 6.18 Å². The van der Waals surface area contributed by atoms with E-state index < -0.39 is 23.7 Å². The topological polar surface area (TPSA) is 93.8 Å². The third-order valence-electron chi connectivity index (χ3n) is 4.06. The maximum atomic E-state index is 12.9. The minimum atomic E-state index is -4.59. The summed E-state index contributed by atoms with van der Waals surface area (Å²) in [4.78, 5) is 24.5. The average molecular weight is 479 g/mol. The predicted octanol–water partition coefficient (Wildman–Crippen LogP) is 3.36. The molecule has 12 heteroatoms. The first-order valence-electron chi connectivity index (χ1n) is 9.04. The number of nitrogens with zero attached hydrogens (tertiary/aromatic N) is 4. The van der Waals surface area contributed by atoms with Crippen LogP contribution in [0.25, 0.3) is 0 Å². The van der Waals surface area contributed by atoms with Crippen molar-refractivity contribution in [3.8, 4) is 0 Å². The summed E-state index contributed by atoms with van der Waals surface area (Å²) < 4.78 is 41.3. The van der Waals surface area contributed by atoms with Gasteiger partial charge in [0, 0.05) is 25.7 Å². The SMILES string of the molecule is CCCNC(=O)c1nn(CC)cc1NC(=O)CCn1nc(C(F)(F)F)c(Br)c1C. The molecule has 2 aromatic heterocycles. The Hall–Kier alpha value is -2.37. The number of aromatic nitrogens is 4. The molecule has 29 heavy (non-hydrogen) atoms. The van der Waals surface area contributed by atoms with E-state index in [2.05, 4.69) is 36.8 Å². The molecule has 0 aliphatic rings. The van der Waals surface area contributed by atoms with Crippen molar-refractivity contribution in [2.45, 2.75) is 52.9 Å². The summed E-state index contributed by atoms with van der Waals surface area (Å²) in [7, 11) is 0. The van der Waals surface area contributed by atoms with Gasteiger partial charge in [0.15, 0.2) is 11.4 Å². The van der Waals surface area contributed by atoms with E-state index in [1.165, 1.54) is 17.8 Å². The molecule has 0 fully saturated rings. The highest BCUT2D eigenvalue weighted by Gasteiger charge is 2.37. The van der Waals surface area contributed by atoms with Crippen LogP contribution in [0.1, 0.15) is 48.6 Å². The van der Waals surface area contributed by atoms with Crippen molar-refractivity contribution < 1.29 is 22.8 Å². The number of rotatable bonds is 8. The second kappa shape index (κ2) is 9.42. The molecule has 160 valence electrons. The molecule has 0 saturated heterocycles. The van der Waals surface area contributed by atoms with E-state index in [-0.39, 0.29) is 34.5 Å². The number of nitrogens with one attached hydrogen (secondary N) is 2. The van der Waals surface area contributed by atoms with Gasteiger partial charge in [0.05, 0.1) is 22.4 Å². The first kappa shape index (κ1) is 22.9. The highest BCUT2D eigenvalue weighted by Crippen LogP contribution is 2.35. The standard InChI is InChI=1S/C17H22BrF3N6O2/c1-4-7-22-16(29)14-11(9-26(5-2)24-14)23-12(28)6-8-27-10(3)13(18)15(25-27)17(19,20)21/h9H,4-8H2,1-3H3,(H,22,29)(H,23,28). The summed E-state index contributed by atoms with van der Waals surface area (Å²) in [6, 6.07) is 0. The molecular weight excluding hydrogens is 457 g/mol. The van der Waals surface area contributed by atoms with Crippen molar-refractivity contribution in [1.29, 1.82) is 0 Å². The molecule has 0 unspecified atom stereocenters. The lowest BCUT2D eigenvalue weighted by atomic mass is 10.3. The maximum Gasteiger partial charge on any atom is 0.436 e. The monoisotopic (exact) mass is 478 g/mol. The second-order valence-electron chi connectivity index (χ2n) is 6.27. The van der Waals surface area contributed by atoms with Crippen LogP contribution in [0.5, 0.6) is 0 Å². The van der Waals surface area contributed by atoms with Gasteiger partial charge in [-0.1, -0.05) is 6.92 Å². The van der Waals surface area contributed by atoms with Crippen LogP contribution >= 0.6 is 15.9 Å². The number of hydrogen-bond acceptors (Lipinski definition) is 4. The number of aryl methyl sites for hydroxylation is 2. The molecule has 2 aromatic rings. The Kier molecular flexibility index (Phi) is 7.44. The van der Waals surface area contributed by atoms with Crippen molar-refractivity contribution >= 4 is 33.4 Å². The third-order valence-corrected chi connectivity index (χ3v) is 5.01. The lowest BCUT2D eigenvalue weighted by Crippen LogP contribution is -2.26. The zero-order valence-corrected chi connectivity index (χ0v) is 17.8. The number of anilines is 1. The normalized spacial score (nSPS) is 11.6. The van der Waals surface area contributed by atoms with E-state index in [1.807, 2.05) is 13.8 Å². The van der Waals surface area contributed by atoms with Crippen molar-refractivity contribution in [3.63, 3.8) is 0 Å². The quantitative estimate of drug-likeness (QED) is 0.608. The van der Waals surface area contributed by atoms with Gasteiger partial charge < -0.3 is 10.6 Å². The molecule has 2 amide bonds. The molecule has 2 rings (SSSR count). The molecule has 0 spiro atoms. The van der Waals surface area contributed by atoms with Crippen molar-refractivity contribution in [2.24, 2.45) is 0 Å². The molecule has 0 bridgehead atoms. The van der Waals surface area contributed by atoms with E-state index in [0.29, 0.717) is 13.1 Å². The van der Waals surface area contributed by atoms with Crippen LogP contribution in [0.15, 0.2) is 10.7 Å². The lowest BCUT2D eigenvalue weighted by molar-refractivity contribution is -0.142. The van der Waals surface area contributed by atoms with Crippen LogP contribution in [0.2, 0.25) is 0 Å². The number of alkyl halides is 3. The summed E-state index contributed by atoms with van der Waals surface area (Å²) in [5, 5.41) is 13.0. The van der Waals surface area contributed by atoms with Gasteiger partial charge in [-0.05, 0) is 36.2 Å². The number of halogens is 4. The van der Waals surface area contributed by atoms with Crippen molar-refractivity contribution in [1.82, 2.24) is 24.9 Å². The molecule has 0 radical (unpaired) electrons. The summed E-state index contributed by atoms with van der Waals surface area (Å²) in [5.41, 5.74) is -0.427. The molecule has 0 atom stereocenters. The predicted molar refractivity (Wildman–Crippen MR) is 103 cm³/mol. The van der Waals surface area contributed by atoms with Gasteiger partial charge in [-0.2, -0.15) is 23.4 Å². The highest BCUT2D eigenvalue weighted by atomic mass is 79.9. The Labute approximate surface area is 174 Å². The molecular formula is C17H22BrF3N6O2. The fourth-order valence-electron chi connectivity index (χ4n) is 2.51. The molecule has 0 aliphatic carbocycles. The summed E-state index contributed by atoms with van der Waals surface area (Å²) in [6.07, 6.45) is -2.43. The maximum absolute atomic E-state index is 12.9. The van der Waals surface area contributed by atoms with E-state index in [9.17, 15) is 22.8 Å². The molecule has 0 aromatic carbocycles. The van der Waals surface area contributed by atoms with Crippen LogP contribution < -0.4 is 10.6 Å². The van der Waals surface area contributed by atoms with E-state index in [1.54, 1.807) is 0 Å². The van der Waals surface area contributed by atoms with Crippen LogP contribution in [0, 0.1) is 6.92 Å². The lowest BCUT2D eigenvalue weighted by Gasteiger charge is -2.07. The van der Waals surface area contributed by atoms with E-state index in [4.69, 9.17) is 0 Å². The highest BCUT2D eigenvalue weighted by molar-refractivity contribution is 9.10. The minimum absolute atomic E-state index is 0.0500. The van der Waals surface area contributed by atoms with Crippen molar-refractivity contribution in [2.75, 3.05) is 11.9 Å². The molecule has 8 nitrogen and oxygen atoms in total. The van der Waals surface area contributed by atoms with E-state index >= 15 is 0 Å². The summed E-state index contributed by atoms with van der Waals surface area (Å²) >= 11 is 2.90. The Balaban J connectivity index is 2.08. The fourth-order valence-corrected chi connectivity index (χ4v) is 3.02. The fraction of sp³-hybridized carbons (Fsp3) is 0.529. The molecule has 2 N–H and O–H groups in total. The smallest absolute Gasteiger partial charge is 0.351 e. The summed E-state index contributed by atoms with van der Waals surface area (Å²) in [5.74, 6) is -0.874. The van der Waals surface area contributed by atoms with Crippen molar-refractivity contribution in [3.05, 3.63) is 27.8 Å². The Bertz CT molecular complexity index is 891. The van der Waals surface area contributed by atoms with Gasteiger partial charge in [0.25, 0.3) is 5.91 Å². The van der Waals surface area contributed by atoms with Crippen LogP contribution in [0.3, 0.4) is 0 Å². The molecule has 2 heterocycles. The second-order valence-corrected chi connectivity index (χ2v) is 7.06. The van der Waals surface area contributed by atoms with Gasteiger partial charge in [-0.25, -0.2) is 0 Å². The minimum Gasteiger partial charge on any atom is -0.351 e. The number of hydrogen-bond donors (Lipinski definition) is 2. The average Bonchev–Trinajstić information content (AvgIpc) is 3.19. The largest absolute Gasteiger partial charge is 0.436 e. The zero-order valence-electron chi connectivity index (χ0n) is 16.2. The Morgan fingerprint density at radius 2 is 1.93 bits per heavy atom. The van der Waals surface area contributed by atoms with Gasteiger partial charge in [0.1, 0.15) is 0 Å². The molecule has 0 aliphatic heterocycles.